The minimum absolute atomic E-state index is 0.315. The molecule has 2 aromatic rings. The molecule has 0 saturated carbocycles. The Morgan fingerprint density at radius 2 is 1.40 bits per heavy atom. The SMILES string of the molecule is CC1(C)OB(c2ccc(N3CCCCC3)c3ccccc23)OC1(C)C. The minimum atomic E-state index is -0.315. The van der Waals surface area contributed by atoms with Crippen molar-refractivity contribution in [2.45, 2.75) is 58.2 Å². The normalized spacial score (nSPS) is 22.6. The summed E-state index contributed by atoms with van der Waals surface area (Å²) >= 11 is 0. The fraction of sp³-hybridized carbons (Fsp3) is 0.524. The minimum Gasteiger partial charge on any atom is -0.399 e. The lowest BCUT2D eigenvalue weighted by Crippen LogP contribution is -2.41. The van der Waals surface area contributed by atoms with Gasteiger partial charge < -0.3 is 14.2 Å². The predicted molar refractivity (Wildman–Crippen MR) is 106 cm³/mol. The lowest BCUT2D eigenvalue weighted by Gasteiger charge is -2.32. The largest absolute Gasteiger partial charge is 0.495 e. The summed E-state index contributed by atoms with van der Waals surface area (Å²) in [7, 11) is -0.315. The molecule has 0 atom stereocenters. The third kappa shape index (κ3) is 2.86. The number of benzene rings is 2. The van der Waals surface area contributed by atoms with Crippen LogP contribution in [0.15, 0.2) is 36.4 Å². The van der Waals surface area contributed by atoms with Crippen molar-refractivity contribution < 1.29 is 9.31 Å². The molecule has 3 nitrogen and oxygen atoms in total. The zero-order valence-corrected chi connectivity index (χ0v) is 15.8. The van der Waals surface area contributed by atoms with Crippen molar-refractivity contribution in [3.63, 3.8) is 0 Å². The van der Waals surface area contributed by atoms with E-state index < -0.39 is 0 Å². The van der Waals surface area contributed by atoms with Crippen LogP contribution in [0.4, 0.5) is 5.69 Å². The van der Waals surface area contributed by atoms with Crippen LogP contribution >= 0.6 is 0 Å². The number of hydrogen-bond acceptors (Lipinski definition) is 3. The van der Waals surface area contributed by atoms with Gasteiger partial charge in [0.1, 0.15) is 0 Å². The van der Waals surface area contributed by atoms with Crippen LogP contribution in [0.2, 0.25) is 0 Å². The zero-order valence-electron chi connectivity index (χ0n) is 15.8. The molecule has 2 aromatic carbocycles. The Morgan fingerprint density at radius 1 is 0.800 bits per heavy atom. The smallest absolute Gasteiger partial charge is 0.399 e. The first-order valence-electron chi connectivity index (χ1n) is 9.51. The molecule has 0 bridgehead atoms. The van der Waals surface area contributed by atoms with Crippen LogP contribution in [-0.4, -0.2) is 31.4 Å². The molecule has 2 aliphatic rings. The average molecular weight is 337 g/mol. The van der Waals surface area contributed by atoms with Gasteiger partial charge in [-0.1, -0.05) is 30.3 Å². The highest BCUT2D eigenvalue weighted by Crippen LogP contribution is 2.37. The molecule has 0 aliphatic carbocycles. The summed E-state index contributed by atoms with van der Waals surface area (Å²) < 4.78 is 12.6. The second-order valence-corrected chi connectivity index (χ2v) is 8.36. The number of nitrogens with zero attached hydrogens (tertiary/aromatic N) is 1. The Morgan fingerprint density at radius 3 is 2.04 bits per heavy atom. The summed E-state index contributed by atoms with van der Waals surface area (Å²) in [6.07, 6.45) is 3.92. The van der Waals surface area contributed by atoms with Crippen LogP contribution in [0.3, 0.4) is 0 Å². The third-order valence-electron chi connectivity index (χ3n) is 6.14. The van der Waals surface area contributed by atoms with E-state index in [1.807, 2.05) is 0 Å². The highest BCUT2D eigenvalue weighted by Gasteiger charge is 2.52. The summed E-state index contributed by atoms with van der Waals surface area (Å²) in [4.78, 5) is 2.53. The molecule has 0 amide bonds. The summed E-state index contributed by atoms with van der Waals surface area (Å²) in [5.74, 6) is 0. The Kier molecular flexibility index (Phi) is 4.08. The third-order valence-corrected chi connectivity index (χ3v) is 6.14. The maximum atomic E-state index is 6.31. The molecule has 2 saturated heterocycles. The van der Waals surface area contributed by atoms with Crippen LogP contribution in [-0.2, 0) is 9.31 Å². The fourth-order valence-corrected chi connectivity index (χ4v) is 3.89. The van der Waals surface area contributed by atoms with Crippen molar-refractivity contribution in [2.75, 3.05) is 18.0 Å². The molecule has 0 aromatic heterocycles. The van der Waals surface area contributed by atoms with E-state index in [4.69, 9.17) is 9.31 Å². The number of hydrogen-bond donors (Lipinski definition) is 0. The molecular formula is C21H28BNO2. The second kappa shape index (κ2) is 6.03. The quantitative estimate of drug-likeness (QED) is 0.769. The van der Waals surface area contributed by atoms with Gasteiger partial charge in [0.25, 0.3) is 0 Å². The van der Waals surface area contributed by atoms with Gasteiger partial charge in [0, 0.05) is 24.2 Å². The molecule has 0 radical (unpaired) electrons. The second-order valence-electron chi connectivity index (χ2n) is 8.36. The monoisotopic (exact) mass is 337 g/mol. The molecule has 0 spiro atoms. The van der Waals surface area contributed by atoms with E-state index in [0.717, 1.165) is 18.6 Å². The van der Waals surface area contributed by atoms with E-state index >= 15 is 0 Å². The van der Waals surface area contributed by atoms with Gasteiger partial charge in [0.05, 0.1) is 11.2 Å². The zero-order chi connectivity index (χ0) is 17.7. The van der Waals surface area contributed by atoms with E-state index in [0.29, 0.717) is 0 Å². The van der Waals surface area contributed by atoms with Crippen LogP contribution in [0.1, 0.15) is 47.0 Å². The first kappa shape index (κ1) is 16.9. The maximum Gasteiger partial charge on any atom is 0.495 e. The molecular weight excluding hydrogens is 309 g/mol. The van der Waals surface area contributed by atoms with Gasteiger partial charge in [-0.3, -0.25) is 0 Å². The van der Waals surface area contributed by atoms with Crippen molar-refractivity contribution in [3.8, 4) is 0 Å². The van der Waals surface area contributed by atoms with Crippen LogP contribution < -0.4 is 10.4 Å². The van der Waals surface area contributed by atoms with E-state index in [2.05, 4.69) is 69.0 Å². The average Bonchev–Trinajstić information content (AvgIpc) is 2.82. The molecule has 4 heteroatoms. The van der Waals surface area contributed by atoms with Crippen molar-refractivity contribution in [1.82, 2.24) is 0 Å². The van der Waals surface area contributed by atoms with E-state index in [1.165, 1.54) is 35.7 Å². The topological polar surface area (TPSA) is 21.7 Å². The van der Waals surface area contributed by atoms with Crippen molar-refractivity contribution in [3.05, 3.63) is 36.4 Å². The lowest BCUT2D eigenvalue weighted by atomic mass is 9.75. The van der Waals surface area contributed by atoms with Crippen LogP contribution in [0.25, 0.3) is 10.8 Å². The van der Waals surface area contributed by atoms with Gasteiger partial charge in [-0.2, -0.15) is 0 Å². The maximum absolute atomic E-state index is 6.31. The highest BCUT2D eigenvalue weighted by molar-refractivity contribution is 6.65. The molecule has 4 rings (SSSR count). The molecule has 132 valence electrons. The van der Waals surface area contributed by atoms with Crippen molar-refractivity contribution in [2.24, 2.45) is 0 Å². The Labute approximate surface area is 151 Å². The summed E-state index contributed by atoms with van der Waals surface area (Å²) in [5, 5.41) is 2.54. The molecule has 0 N–H and O–H groups in total. The predicted octanol–water partition coefficient (Wildman–Crippen LogP) is 4.13. The van der Waals surface area contributed by atoms with Gasteiger partial charge in [-0.25, -0.2) is 0 Å². The van der Waals surface area contributed by atoms with Gasteiger partial charge in [-0.05, 0) is 63.9 Å². The lowest BCUT2D eigenvalue weighted by molar-refractivity contribution is 0.00578. The standard InChI is InChI=1S/C21H28BNO2/c1-20(2)21(3,4)25-22(24-20)18-12-13-19(23-14-8-5-9-15-23)17-11-7-6-10-16(17)18/h6-7,10-13H,5,8-9,14-15H2,1-4H3. The molecule has 25 heavy (non-hydrogen) atoms. The van der Waals surface area contributed by atoms with E-state index in [-0.39, 0.29) is 18.3 Å². The molecule has 2 aliphatic heterocycles. The van der Waals surface area contributed by atoms with Gasteiger partial charge in [0.15, 0.2) is 0 Å². The Balaban J connectivity index is 1.77. The molecule has 0 unspecified atom stereocenters. The first-order chi connectivity index (χ1) is 11.9. The van der Waals surface area contributed by atoms with E-state index in [9.17, 15) is 0 Å². The first-order valence-corrected chi connectivity index (χ1v) is 9.51. The Bertz CT molecular complexity index is 765. The summed E-state index contributed by atoms with van der Waals surface area (Å²) in [6, 6.07) is 13.1. The number of piperidine rings is 1. The van der Waals surface area contributed by atoms with Gasteiger partial charge in [0.2, 0.25) is 0 Å². The van der Waals surface area contributed by atoms with Crippen LogP contribution in [0.5, 0.6) is 0 Å². The number of anilines is 1. The summed E-state index contributed by atoms with van der Waals surface area (Å²) in [6.45, 7) is 10.7. The van der Waals surface area contributed by atoms with Crippen molar-refractivity contribution in [1.29, 1.82) is 0 Å². The van der Waals surface area contributed by atoms with Crippen molar-refractivity contribution >= 4 is 29.0 Å². The van der Waals surface area contributed by atoms with Gasteiger partial charge in [-0.15, -0.1) is 0 Å². The fourth-order valence-electron chi connectivity index (χ4n) is 3.89. The van der Waals surface area contributed by atoms with Gasteiger partial charge >= 0.3 is 7.12 Å². The molecule has 2 heterocycles. The Hall–Kier alpha value is -1.52. The number of fused-ring (bicyclic) bond motifs is 1. The summed E-state index contributed by atoms with van der Waals surface area (Å²) in [5.41, 5.74) is 1.85. The van der Waals surface area contributed by atoms with Crippen LogP contribution in [0, 0.1) is 0 Å². The molecule has 2 fully saturated rings. The highest BCUT2D eigenvalue weighted by atomic mass is 16.7. The number of rotatable bonds is 2. The van der Waals surface area contributed by atoms with E-state index in [1.54, 1.807) is 0 Å².